The summed E-state index contributed by atoms with van der Waals surface area (Å²) in [5.74, 6) is 0.235. The van der Waals surface area contributed by atoms with Crippen LogP contribution in [0.15, 0.2) is 30.9 Å². The third kappa shape index (κ3) is 2.90. The molecule has 0 N–H and O–H groups in total. The third-order valence-corrected chi connectivity index (χ3v) is 1.98. The van der Waals surface area contributed by atoms with Crippen molar-refractivity contribution in [3.05, 3.63) is 36.4 Å². The second-order valence-corrected chi connectivity index (χ2v) is 2.98. The summed E-state index contributed by atoms with van der Waals surface area (Å²) < 4.78 is 14.4. The maximum atomic E-state index is 11.3. The van der Waals surface area contributed by atoms with Crippen LogP contribution in [0, 0.1) is 0 Å². The molecule has 1 aromatic carbocycles. The van der Waals surface area contributed by atoms with Gasteiger partial charge in [-0.2, -0.15) is 0 Å². The molecule has 86 valence electrons. The van der Waals surface area contributed by atoms with Crippen LogP contribution >= 0.6 is 11.9 Å². The Morgan fingerprint density at radius 1 is 1.56 bits per heavy atom. The summed E-state index contributed by atoms with van der Waals surface area (Å²) in [5, 5.41) is 0. The van der Waals surface area contributed by atoms with E-state index in [1.807, 2.05) is 0 Å². The van der Waals surface area contributed by atoms with E-state index < -0.39 is 5.97 Å². The van der Waals surface area contributed by atoms with Crippen LogP contribution in [0.4, 0.5) is 0 Å². The van der Waals surface area contributed by atoms with E-state index in [1.165, 1.54) is 13.2 Å². The lowest BCUT2D eigenvalue weighted by atomic mass is 10.2. The van der Waals surface area contributed by atoms with E-state index in [-0.39, 0.29) is 12.2 Å². The van der Waals surface area contributed by atoms with Crippen molar-refractivity contribution >= 4 is 17.8 Å². The molecule has 0 saturated carbocycles. The lowest BCUT2D eigenvalue weighted by Crippen LogP contribution is -2.04. The van der Waals surface area contributed by atoms with E-state index in [1.54, 1.807) is 18.2 Å². The van der Waals surface area contributed by atoms with E-state index in [0.717, 1.165) is 0 Å². The van der Waals surface area contributed by atoms with Crippen LogP contribution < -0.4 is 9.47 Å². The van der Waals surface area contributed by atoms with E-state index >= 15 is 0 Å². The Bertz CT molecular complexity index is 390. The summed E-state index contributed by atoms with van der Waals surface area (Å²) in [6.45, 7) is 3.79. The Balaban J connectivity index is 3.05. The summed E-state index contributed by atoms with van der Waals surface area (Å²) in [7, 11) is 1.52. The van der Waals surface area contributed by atoms with Gasteiger partial charge in [-0.05, 0) is 12.1 Å². The highest BCUT2D eigenvalue weighted by Gasteiger charge is 2.14. The molecule has 1 aromatic rings. The topological polar surface area (TPSA) is 44.8 Å². The highest BCUT2D eigenvalue weighted by atomic mass is 35.5. The lowest BCUT2D eigenvalue weighted by molar-refractivity contribution is 0.0747. The van der Waals surface area contributed by atoms with Gasteiger partial charge in [0.15, 0.2) is 0 Å². The summed E-state index contributed by atoms with van der Waals surface area (Å²) in [6, 6.07) is 4.71. The average molecular weight is 243 g/mol. The van der Waals surface area contributed by atoms with Crippen molar-refractivity contribution in [3.63, 3.8) is 0 Å². The minimum Gasteiger partial charge on any atom is -0.497 e. The molecule has 5 heteroatoms. The summed E-state index contributed by atoms with van der Waals surface area (Å²) in [4.78, 5) is 11.3. The SMILES string of the molecule is C=CCOc1cc(OC)ccc1C(=O)OCl. The molecule has 16 heavy (non-hydrogen) atoms. The number of rotatable bonds is 5. The monoisotopic (exact) mass is 242 g/mol. The fourth-order valence-corrected chi connectivity index (χ4v) is 1.19. The Labute approximate surface area is 98.5 Å². The number of methoxy groups -OCH3 is 1. The molecule has 0 unspecified atom stereocenters. The second kappa shape index (κ2) is 6.02. The standard InChI is InChI=1S/C11H11ClO4/c1-3-6-15-10-7-8(14-2)4-5-9(10)11(13)16-12/h3-5,7H,1,6H2,2H3. The molecule has 0 aliphatic carbocycles. The maximum absolute atomic E-state index is 11.3. The molecule has 0 bridgehead atoms. The van der Waals surface area contributed by atoms with E-state index in [2.05, 4.69) is 10.9 Å². The van der Waals surface area contributed by atoms with E-state index in [0.29, 0.717) is 11.5 Å². The van der Waals surface area contributed by atoms with Gasteiger partial charge in [0.2, 0.25) is 0 Å². The first-order valence-electron chi connectivity index (χ1n) is 4.47. The second-order valence-electron chi connectivity index (χ2n) is 2.83. The summed E-state index contributed by atoms with van der Waals surface area (Å²) in [6.07, 6.45) is 1.56. The molecule has 0 spiro atoms. The molecule has 0 atom stereocenters. The molecule has 0 saturated heterocycles. The van der Waals surface area contributed by atoms with Gasteiger partial charge in [0, 0.05) is 6.07 Å². The van der Waals surface area contributed by atoms with E-state index in [4.69, 9.17) is 21.3 Å². The number of benzene rings is 1. The third-order valence-electron chi connectivity index (χ3n) is 1.84. The number of halogens is 1. The zero-order valence-corrected chi connectivity index (χ0v) is 9.49. The predicted octanol–water partition coefficient (Wildman–Crippen LogP) is 2.57. The summed E-state index contributed by atoms with van der Waals surface area (Å²) in [5.41, 5.74) is 0.234. The number of ether oxygens (including phenoxy) is 2. The Kier molecular flexibility index (Phi) is 4.66. The largest absolute Gasteiger partial charge is 0.497 e. The molecule has 0 radical (unpaired) electrons. The zero-order valence-electron chi connectivity index (χ0n) is 8.73. The van der Waals surface area contributed by atoms with Crippen molar-refractivity contribution in [1.82, 2.24) is 0 Å². The van der Waals surface area contributed by atoms with Crippen LogP contribution in [-0.2, 0) is 4.29 Å². The van der Waals surface area contributed by atoms with Crippen molar-refractivity contribution in [3.8, 4) is 11.5 Å². The van der Waals surface area contributed by atoms with Gasteiger partial charge < -0.3 is 13.8 Å². The van der Waals surface area contributed by atoms with Crippen molar-refractivity contribution in [2.45, 2.75) is 0 Å². The molecule has 0 aliphatic heterocycles. The Hall–Kier alpha value is -1.68. The van der Waals surface area contributed by atoms with Gasteiger partial charge in [0.05, 0.1) is 7.11 Å². The molecule has 0 amide bonds. The quantitative estimate of drug-likeness (QED) is 0.745. The smallest absolute Gasteiger partial charge is 0.360 e. The van der Waals surface area contributed by atoms with Gasteiger partial charge >= 0.3 is 5.97 Å². The van der Waals surface area contributed by atoms with Crippen LogP contribution in [0.25, 0.3) is 0 Å². The van der Waals surface area contributed by atoms with Gasteiger partial charge in [-0.15, -0.1) is 0 Å². The maximum Gasteiger partial charge on any atom is 0.360 e. The van der Waals surface area contributed by atoms with Crippen LogP contribution in [0.5, 0.6) is 11.5 Å². The first-order valence-corrected chi connectivity index (χ1v) is 4.78. The zero-order chi connectivity index (χ0) is 12.0. The molecule has 0 fully saturated rings. The number of carbonyl (C=O) groups excluding carboxylic acids is 1. The molecule has 1 rings (SSSR count). The fraction of sp³-hybridized carbons (Fsp3) is 0.182. The minimum absolute atomic E-state index is 0.234. The lowest BCUT2D eigenvalue weighted by Gasteiger charge is -2.09. The highest BCUT2D eigenvalue weighted by molar-refractivity contribution is 6.16. The molecule has 4 nitrogen and oxygen atoms in total. The molecule has 0 aliphatic rings. The molecular formula is C11H11ClO4. The van der Waals surface area contributed by atoms with E-state index in [9.17, 15) is 4.79 Å². The predicted molar refractivity (Wildman–Crippen MR) is 60.0 cm³/mol. The fourth-order valence-electron chi connectivity index (χ4n) is 1.11. The molecule has 0 heterocycles. The van der Waals surface area contributed by atoms with Crippen LogP contribution in [0.1, 0.15) is 10.4 Å². The van der Waals surface area contributed by atoms with Gasteiger partial charge in [0.25, 0.3) is 0 Å². The van der Waals surface area contributed by atoms with Gasteiger partial charge in [-0.25, -0.2) is 4.79 Å². The molecular weight excluding hydrogens is 232 g/mol. The van der Waals surface area contributed by atoms with Crippen molar-refractivity contribution < 1.29 is 18.6 Å². The number of hydrogen-bond acceptors (Lipinski definition) is 4. The molecule has 0 aromatic heterocycles. The van der Waals surface area contributed by atoms with Crippen molar-refractivity contribution in [1.29, 1.82) is 0 Å². The average Bonchev–Trinajstić information content (AvgIpc) is 2.34. The highest BCUT2D eigenvalue weighted by Crippen LogP contribution is 2.25. The van der Waals surface area contributed by atoms with Gasteiger partial charge in [0.1, 0.15) is 35.5 Å². The van der Waals surface area contributed by atoms with Crippen molar-refractivity contribution in [2.75, 3.05) is 13.7 Å². The first-order chi connectivity index (χ1) is 7.72. The Morgan fingerprint density at radius 3 is 2.88 bits per heavy atom. The van der Waals surface area contributed by atoms with Crippen molar-refractivity contribution in [2.24, 2.45) is 0 Å². The van der Waals surface area contributed by atoms with Gasteiger partial charge in [-0.1, -0.05) is 12.7 Å². The van der Waals surface area contributed by atoms with Crippen LogP contribution in [-0.4, -0.2) is 19.7 Å². The first kappa shape index (κ1) is 12.4. The van der Waals surface area contributed by atoms with Crippen LogP contribution in [0.3, 0.4) is 0 Å². The van der Waals surface area contributed by atoms with Gasteiger partial charge in [-0.3, -0.25) is 0 Å². The normalized spacial score (nSPS) is 9.38. The van der Waals surface area contributed by atoms with Crippen LogP contribution in [0.2, 0.25) is 0 Å². The minimum atomic E-state index is -0.677. The summed E-state index contributed by atoms with van der Waals surface area (Å²) >= 11 is 5.01. The number of carbonyl (C=O) groups is 1. The Morgan fingerprint density at radius 2 is 2.31 bits per heavy atom. The number of hydrogen-bond donors (Lipinski definition) is 0.